The number of nitrogens with zero attached hydrogens (tertiary/aromatic N) is 1. The van der Waals surface area contributed by atoms with Crippen molar-refractivity contribution in [2.75, 3.05) is 7.05 Å². The monoisotopic (exact) mass is 376 g/mol. The van der Waals surface area contributed by atoms with Crippen molar-refractivity contribution in [3.63, 3.8) is 0 Å². The van der Waals surface area contributed by atoms with Gasteiger partial charge in [-0.2, -0.15) is 0 Å². The van der Waals surface area contributed by atoms with Gasteiger partial charge in [0, 0.05) is 24.1 Å². The standard InChI is InChI=1S/C19H21ClN2O2S/c1-22(18(25)21-13-14-7-6-12-24-14)19(11-5-4-10-17(19)23)15-8-2-3-9-16(15)20/h2-3,6-9,12H,4-5,10-11,13H2,1H3,(H,21,25). The first-order valence-electron chi connectivity index (χ1n) is 8.38. The number of hydrogen-bond donors (Lipinski definition) is 1. The molecular weight excluding hydrogens is 356 g/mol. The van der Waals surface area contributed by atoms with Crippen molar-refractivity contribution >= 4 is 34.7 Å². The Morgan fingerprint density at radius 1 is 1.32 bits per heavy atom. The van der Waals surface area contributed by atoms with E-state index in [-0.39, 0.29) is 5.78 Å². The van der Waals surface area contributed by atoms with E-state index in [1.165, 1.54) is 0 Å². The van der Waals surface area contributed by atoms with Crippen molar-refractivity contribution in [3.05, 3.63) is 59.0 Å². The quantitative estimate of drug-likeness (QED) is 0.807. The van der Waals surface area contributed by atoms with Gasteiger partial charge in [-0.25, -0.2) is 0 Å². The highest BCUT2D eigenvalue weighted by Gasteiger charge is 2.47. The van der Waals surface area contributed by atoms with Crippen molar-refractivity contribution in [2.24, 2.45) is 0 Å². The molecular formula is C19H21ClN2O2S. The molecule has 1 atom stereocenters. The number of hydrogen-bond acceptors (Lipinski definition) is 3. The van der Waals surface area contributed by atoms with Crippen molar-refractivity contribution in [1.29, 1.82) is 0 Å². The largest absolute Gasteiger partial charge is 0.467 e. The van der Waals surface area contributed by atoms with Crippen molar-refractivity contribution in [2.45, 2.75) is 37.8 Å². The maximum atomic E-state index is 13.0. The van der Waals surface area contributed by atoms with Crippen LogP contribution in [-0.4, -0.2) is 22.8 Å². The number of ketones is 1. The Morgan fingerprint density at radius 3 is 2.80 bits per heavy atom. The van der Waals surface area contributed by atoms with Gasteiger partial charge in [-0.05, 0) is 49.7 Å². The van der Waals surface area contributed by atoms with Crippen molar-refractivity contribution < 1.29 is 9.21 Å². The summed E-state index contributed by atoms with van der Waals surface area (Å²) in [5.74, 6) is 0.953. The van der Waals surface area contributed by atoms with Gasteiger partial charge in [0.15, 0.2) is 10.9 Å². The van der Waals surface area contributed by atoms with Crippen LogP contribution in [0.2, 0.25) is 5.02 Å². The number of benzene rings is 1. The molecule has 0 amide bonds. The zero-order chi connectivity index (χ0) is 17.9. The van der Waals surface area contributed by atoms with Gasteiger partial charge in [-0.15, -0.1) is 0 Å². The van der Waals surface area contributed by atoms with Crippen LogP contribution in [0.15, 0.2) is 47.1 Å². The Bertz CT molecular complexity index is 763. The highest BCUT2D eigenvalue weighted by atomic mass is 35.5. The van der Waals surface area contributed by atoms with Gasteiger partial charge in [0.05, 0.1) is 12.8 Å². The number of carbonyl (C=O) groups is 1. The summed E-state index contributed by atoms with van der Waals surface area (Å²) < 4.78 is 5.33. The van der Waals surface area contributed by atoms with E-state index in [2.05, 4.69) is 5.32 Å². The molecule has 3 rings (SSSR count). The van der Waals surface area contributed by atoms with Crippen LogP contribution in [0.25, 0.3) is 0 Å². The van der Waals surface area contributed by atoms with Gasteiger partial charge in [-0.3, -0.25) is 4.79 Å². The van der Waals surface area contributed by atoms with E-state index in [1.807, 2.05) is 48.3 Å². The van der Waals surface area contributed by atoms with Crippen LogP contribution >= 0.6 is 23.8 Å². The predicted octanol–water partition coefficient (Wildman–Crippen LogP) is 4.28. The van der Waals surface area contributed by atoms with Crippen molar-refractivity contribution in [1.82, 2.24) is 10.2 Å². The predicted molar refractivity (Wildman–Crippen MR) is 103 cm³/mol. The summed E-state index contributed by atoms with van der Waals surface area (Å²) >= 11 is 12.0. The molecule has 0 saturated heterocycles. The first-order valence-corrected chi connectivity index (χ1v) is 9.16. The molecule has 2 aromatic rings. The zero-order valence-corrected chi connectivity index (χ0v) is 15.7. The van der Waals surface area contributed by atoms with Gasteiger partial charge >= 0.3 is 0 Å². The molecule has 1 aliphatic rings. The fourth-order valence-corrected chi connectivity index (χ4v) is 4.02. The third-order valence-corrected chi connectivity index (χ3v) is 5.59. The third-order valence-electron chi connectivity index (χ3n) is 4.84. The molecule has 1 aromatic carbocycles. The van der Waals surface area contributed by atoms with E-state index in [1.54, 1.807) is 6.26 Å². The Morgan fingerprint density at radius 2 is 2.12 bits per heavy atom. The molecule has 0 aliphatic heterocycles. The smallest absolute Gasteiger partial charge is 0.170 e. The average Bonchev–Trinajstić information content (AvgIpc) is 3.14. The fourth-order valence-electron chi connectivity index (χ4n) is 3.50. The Labute approximate surface area is 158 Å². The number of furan rings is 1. The minimum atomic E-state index is -0.816. The van der Waals surface area contributed by atoms with Gasteiger partial charge in [0.25, 0.3) is 0 Å². The molecule has 0 bridgehead atoms. The molecule has 1 heterocycles. The maximum Gasteiger partial charge on any atom is 0.170 e. The molecule has 0 radical (unpaired) electrons. The van der Waals surface area contributed by atoms with E-state index in [0.29, 0.717) is 29.5 Å². The van der Waals surface area contributed by atoms with E-state index in [4.69, 9.17) is 28.2 Å². The molecule has 1 saturated carbocycles. The third kappa shape index (κ3) is 3.44. The molecule has 1 aliphatic carbocycles. The normalized spacial score (nSPS) is 20.3. The molecule has 0 spiro atoms. The number of nitrogens with one attached hydrogen (secondary N) is 1. The van der Waals surface area contributed by atoms with E-state index < -0.39 is 5.54 Å². The Kier molecular flexibility index (Phi) is 5.45. The molecule has 6 heteroatoms. The Balaban J connectivity index is 1.90. The molecule has 1 N–H and O–H groups in total. The molecule has 132 valence electrons. The van der Waals surface area contributed by atoms with Crippen LogP contribution in [0.5, 0.6) is 0 Å². The van der Waals surface area contributed by atoms with E-state index >= 15 is 0 Å². The van der Waals surface area contributed by atoms with E-state index in [9.17, 15) is 4.79 Å². The molecule has 1 unspecified atom stereocenters. The van der Waals surface area contributed by atoms with E-state index in [0.717, 1.165) is 24.2 Å². The summed E-state index contributed by atoms with van der Waals surface area (Å²) in [5, 5.41) is 4.29. The fraction of sp³-hybridized carbons (Fsp3) is 0.368. The molecule has 4 nitrogen and oxygen atoms in total. The maximum absolute atomic E-state index is 13.0. The zero-order valence-electron chi connectivity index (χ0n) is 14.1. The molecule has 25 heavy (non-hydrogen) atoms. The summed E-state index contributed by atoms with van der Waals surface area (Å²) in [6, 6.07) is 11.3. The highest BCUT2D eigenvalue weighted by molar-refractivity contribution is 7.80. The van der Waals surface area contributed by atoms with Crippen LogP contribution in [0.1, 0.15) is 37.0 Å². The number of likely N-dealkylation sites (N-methyl/N-ethyl adjacent to an activating group) is 1. The first-order chi connectivity index (χ1) is 12.1. The topological polar surface area (TPSA) is 45.5 Å². The second kappa shape index (κ2) is 7.58. The lowest BCUT2D eigenvalue weighted by Crippen LogP contribution is -2.56. The van der Waals surface area contributed by atoms with Crippen LogP contribution in [0, 0.1) is 0 Å². The van der Waals surface area contributed by atoms with Crippen molar-refractivity contribution in [3.8, 4) is 0 Å². The molecule has 1 aromatic heterocycles. The number of rotatable bonds is 4. The van der Waals surface area contributed by atoms with Gasteiger partial charge in [0.1, 0.15) is 11.3 Å². The summed E-state index contributed by atoms with van der Waals surface area (Å²) in [6.07, 6.45) is 4.73. The lowest BCUT2D eigenvalue weighted by molar-refractivity contribution is -0.131. The van der Waals surface area contributed by atoms with Crippen LogP contribution in [0.4, 0.5) is 0 Å². The number of Topliss-reactive ketones (excluding diaryl/α,β-unsaturated/α-hetero) is 1. The summed E-state index contributed by atoms with van der Waals surface area (Å²) in [4.78, 5) is 14.9. The lowest BCUT2D eigenvalue weighted by atomic mass is 9.74. The first kappa shape index (κ1) is 18.0. The van der Waals surface area contributed by atoms with Gasteiger partial charge in [-0.1, -0.05) is 29.8 Å². The minimum absolute atomic E-state index is 0.163. The van der Waals surface area contributed by atoms with Gasteiger partial charge < -0.3 is 14.6 Å². The second-order valence-electron chi connectivity index (χ2n) is 6.27. The lowest BCUT2D eigenvalue weighted by Gasteiger charge is -2.45. The Hall–Kier alpha value is -1.85. The molecule has 1 fully saturated rings. The summed E-state index contributed by atoms with van der Waals surface area (Å²) in [7, 11) is 1.87. The summed E-state index contributed by atoms with van der Waals surface area (Å²) in [6.45, 7) is 0.475. The second-order valence-corrected chi connectivity index (χ2v) is 7.06. The average molecular weight is 377 g/mol. The number of thiocarbonyl (C=S) groups is 1. The SMILES string of the molecule is CN(C(=S)NCc1ccco1)C1(c2ccccc2Cl)CCCCC1=O. The van der Waals surface area contributed by atoms with Crippen LogP contribution < -0.4 is 5.32 Å². The summed E-state index contributed by atoms with van der Waals surface area (Å²) in [5.41, 5.74) is 0.00938. The van der Waals surface area contributed by atoms with Crippen LogP contribution in [0.3, 0.4) is 0 Å². The highest BCUT2D eigenvalue weighted by Crippen LogP contribution is 2.42. The number of carbonyl (C=O) groups excluding carboxylic acids is 1. The van der Waals surface area contributed by atoms with Crippen LogP contribution in [-0.2, 0) is 16.9 Å². The van der Waals surface area contributed by atoms with Gasteiger partial charge in [0.2, 0.25) is 0 Å². The number of halogens is 1. The minimum Gasteiger partial charge on any atom is -0.467 e.